The minimum absolute atomic E-state index is 0.0285. The Morgan fingerprint density at radius 2 is 2.14 bits per heavy atom. The van der Waals surface area contributed by atoms with Gasteiger partial charge in [0.05, 0.1) is 25.6 Å². The molecule has 5 nitrogen and oxygen atoms in total. The van der Waals surface area contributed by atoms with Crippen LogP contribution in [0.3, 0.4) is 0 Å². The molecule has 2 rings (SSSR count). The van der Waals surface area contributed by atoms with E-state index in [-0.39, 0.29) is 6.03 Å². The molecule has 114 valence electrons. The molecular formula is C15H22N4OS. The zero-order chi connectivity index (χ0) is 15.6. The molecular weight excluding hydrogens is 284 g/mol. The number of nitrogens with zero attached hydrogens (tertiary/aromatic N) is 4. The molecule has 6 heteroatoms. The molecule has 1 aliphatic rings. The number of aryl methyl sites for hydroxylation is 1. The Labute approximate surface area is 130 Å². The molecule has 1 saturated heterocycles. The standard InChI is InChI=1S/C15H22N4OS/c1-6-8-17-9-18(11(3)4)10-19(15(17)20)14-12(5)13(7-2)16-21-14/h1,11H,7-10H2,2-5H3. The van der Waals surface area contributed by atoms with E-state index in [1.165, 1.54) is 11.5 Å². The van der Waals surface area contributed by atoms with Gasteiger partial charge in [0.2, 0.25) is 0 Å². The molecule has 1 fully saturated rings. The van der Waals surface area contributed by atoms with Gasteiger partial charge in [0, 0.05) is 11.6 Å². The van der Waals surface area contributed by atoms with E-state index in [9.17, 15) is 4.79 Å². The first-order chi connectivity index (χ1) is 9.99. The lowest BCUT2D eigenvalue weighted by Crippen LogP contribution is -2.59. The van der Waals surface area contributed by atoms with Crippen LogP contribution in [0, 0.1) is 19.3 Å². The highest BCUT2D eigenvalue weighted by atomic mass is 32.1. The molecule has 1 aliphatic heterocycles. The Morgan fingerprint density at radius 1 is 1.43 bits per heavy atom. The summed E-state index contributed by atoms with van der Waals surface area (Å²) in [5.41, 5.74) is 2.16. The van der Waals surface area contributed by atoms with E-state index in [1.54, 1.807) is 9.80 Å². The fraction of sp³-hybridized carbons (Fsp3) is 0.600. The highest BCUT2D eigenvalue weighted by molar-refractivity contribution is 7.10. The summed E-state index contributed by atoms with van der Waals surface area (Å²) in [7, 11) is 0. The van der Waals surface area contributed by atoms with Gasteiger partial charge in [0.1, 0.15) is 5.00 Å². The van der Waals surface area contributed by atoms with Gasteiger partial charge in [-0.3, -0.25) is 9.80 Å². The first-order valence-corrected chi connectivity index (χ1v) is 7.96. The van der Waals surface area contributed by atoms with E-state index in [2.05, 4.69) is 36.0 Å². The van der Waals surface area contributed by atoms with E-state index in [0.29, 0.717) is 25.9 Å². The van der Waals surface area contributed by atoms with Crippen LogP contribution in [0.1, 0.15) is 32.0 Å². The summed E-state index contributed by atoms with van der Waals surface area (Å²) in [5.74, 6) is 2.57. The maximum atomic E-state index is 12.6. The average molecular weight is 306 g/mol. The number of terminal acetylenes is 1. The average Bonchev–Trinajstić information content (AvgIpc) is 2.82. The number of carbonyl (C=O) groups excluding carboxylic acids is 1. The number of urea groups is 1. The number of hydrogen-bond donors (Lipinski definition) is 0. The third-order valence-electron chi connectivity index (χ3n) is 3.77. The molecule has 0 spiro atoms. The quantitative estimate of drug-likeness (QED) is 0.803. The van der Waals surface area contributed by atoms with Gasteiger partial charge in [0.25, 0.3) is 0 Å². The summed E-state index contributed by atoms with van der Waals surface area (Å²) >= 11 is 1.39. The molecule has 0 saturated carbocycles. The highest BCUT2D eigenvalue weighted by Gasteiger charge is 2.33. The van der Waals surface area contributed by atoms with Crippen LogP contribution < -0.4 is 4.90 Å². The fourth-order valence-electron chi connectivity index (χ4n) is 2.38. The smallest absolute Gasteiger partial charge is 0.300 e. The zero-order valence-electron chi connectivity index (χ0n) is 13.1. The third kappa shape index (κ3) is 3.04. The van der Waals surface area contributed by atoms with Crippen LogP contribution in [0.15, 0.2) is 0 Å². The fourth-order valence-corrected chi connectivity index (χ4v) is 3.33. The number of aromatic nitrogens is 1. The lowest BCUT2D eigenvalue weighted by Gasteiger charge is -2.42. The molecule has 0 radical (unpaired) electrons. The van der Waals surface area contributed by atoms with Crippen LogP contribution in [0.5, 0.6) is 0 Å². The predicted octanol–water partition coefficient (Wildman–Crippen LogP) is 2.51. The number of carbonyl (C=O) groups is 1. The van der Waals surface area contributed by atoms with Gasteiger partial charge >= 0.3 is 6.03 Å². The monoisotopic (exact) mass is 306 g/mol. The van der Waals surface area contributed by atoms with Crippen LogP contribution in [0.25, 0.3) is 0 Å². The van der Waals surface area contributed by atoms with Crippen LogP contribution >= 0.6 is 11.5 Å². The summed E-state index contributed by atoms with van der Waals surface area (Å²) in [6, 6.07) is 0.319. The second-order valence-corrected chi connectivity index (χ2v) is 6.24. The maximum absolute atomic E-state index is 12.6. The van der Waals surface area contributed by atoms with Gasteiger partial charge < -0.3 is 4.90 Å². The van der Waals surface area contributed by atoms with Crippen molar-refractivity contribution in [1.82, 2.24) is 14.2 Å². The van der Waals surface area contributed by atoms with Gasteiger partial charge in [0.15, 0.2) is 0 Å². The first-order valence-electron chi connectivity index (χ1n) is 7.18. The van der Waals surface area contributed by atoms with Crippen LogP contribution in [0.2, 0.25) is 0 Å². The number of amides is 2. The molecule has 0 bridgehead atoms. The molecule has 0 atom stereocenters. The van der Waals surface area contributed by atoms with Gasteiger partial charge in [-0.05, 0) is 38.7 Å². The second-order valence-electron chi connectivity index (χ2n) is 5.49. The lowest BCUT2D eigenvalue weighted by molar-refractivity contribution is 0.102. The number of anilines is 1. The molecule has 1 aromatic heterocycles. The molecule has 2 heterocycles. The Bertz CT molecular complexity index is 561. The molecule has 0 aromatic carbocycles. The van der Waals surface area contributed by atoms with Crippen molar-refractivity contribution in [2.75, 3.05) is 24.8 Å². The normalized spacial score (nSPS) is 16.7. The van der Waals surface area contributed by atoms with Crippen molar-refractivity contribution in [2.45, 2.75) is 40.2 Å². The van der Waals surface area contributed by atoms with E-state index in [0.717, 1.165) is 22.7 Å². The summed E-state index contributed by atoms with van der Waals surface area (Å²) in [4.78, 5) is 18.4. The third-order valence-corrected chi connectivity index (χ3v) is 4.78. The van der Waals surface area contributed by atoms with Crippen molar-refractivity contribution < 1.29 is 4.79 Å². The van der Waals surface area contributed by atoms with E-state index in [1.807, 2.05) is 6.92 Å². The minimum atomic E-state index is -0.0285. The predicted molar refractivity (Wildman–Crippen MR) is 86.4 cm³/mol. The Morgan fingerprint density at radius 3 is 2.67 bits per heavy atom. The molecule has 1 aromatic rings. The Kier molecular flexibility index (Phi) is 4.86. The van der Waals surface area contributed by atoms with Gasteiger partial charge in [-0.15, -0.1) is 6.42 Å². The highest BCUT2D eigenvalue weighted by Crippen LogP contribution is 2.31. The van der Waals surface area contributed by atoms with Crippen LogP contribution in [-0.2, 0) is 6.42 Å². The minimum Gasteiger partial charge on any atom is -0.300 e. The lowest BCUT2D eigenvalue weighted by atomic mass is 10.2. The van der Waals surface area contributed by atoms with Crippen molar-refractivity contribution in [3.05, 3.63) is 11.3 Å². The molecule has 0 aliphatic carbocycles. The van der Waals surface area contributed by atoms with Crippen molar-refractivity contribution >= 4 is 22.6 Å². The van der Waals surface area contributed by atoms with Crippen molar-refractivity contribution in [3.8, 4) is 12.3 Å². The SMILES string of the molecule is C#CCN1CN(C(C)C)CN(c2snc(CC)c2C)C1=O. The van der Waals surface area contributed by atoms with Gasteiger partial charge in [-0.25, -0.2) is 4.79 Å². The van der Waals surface area contributed by atoms with Crippen LogP contribution in [-0.4, -0.2) is 46.1 Å². The largest absolute Gasteiger partial charge is 0.328 e. The van der Waals surface area contributed by atoms with Gasteiger partial charge in [-0.2, -0.15) is 4.37 Å². The molecule has 2 amide bonds. The molecule has 21 heavy (non-hydrogen) atoms. The van der Waals surface area contributed by atoms with Crippen LogP contribution in [0.4, 0.5) is 9.80 Å². The van der Waals surface area contributed by atoms with Crippen molar-refractivity contribution in [2.24, 2.45) is 0 Å². The first kappa shape index (κ1) is 15.8. The van der Waals surface area contributed by atoms with Crippen molar-refractivity contribution in [1.29, 1.82) is 0 Å². The number of rotatable bonds is 4. The number of hydrogen-bond acceptors (Lipinski definition) is 4. The zero-order valence-corrected chi connectivity index (χ0v) is 13.9. The molecule has 0 N–H and O–H groups in total. The summed E-state index contributed by atoms with van der Waals surface area (Å²) in [5, 5.41) is 0.934. The van der Waals surface area contributed by atoms with Crippen molar-refractivity contribution in [3.63, 3.8) is 0 Å². The maximum Gasteiger partial charge on any atom is 0.328 e. The summed E-state index contributed by atoms with van der Waals surface area (Å²) < 4.78 is 4.46. The Balaban J connectivity index is 2.33. The van der Waals surface area contributed by atoms with E-state index >= 15 is 0 Å². The molecule has 0 unspecified atom stereocenters. The topological polar surface area (TPSA) is 39.7 Å². The summed E-state index contributed by atoms with van der Waals surface area (Å²) in [6.45, 7) is 9.86. The second kappa shape index (κ2) is 6.46. The van der Waals surface area contributed by atoms with E-state index in [4.69, 9.17) is 6.42 Å². The van der Waals surface area contributed by atoms with E-state index < -0.39 is 0 Å². The van der Waals surface area contributed by atoms with Gasteiger partial charge in [-0.1, -0.05) is 12.8 Å². The summed E-state index contributed by atoms with van der Waals surface area (Å²) in [6.07, 6.45) is 6.27. The Hall–Kier alpha value is -1.58.